The molecule has 0 aliphatic heterocycles. The van der Waals surface area contributed by atoms with Gasteiger partial charge in [-0.25, -0.2) is 8.78 Å². The molecule has 134 valence electrons. The summed E-state index contributed by atoms with van der Waals surface area (Å²) in [4.78, 5) is 0. The Bertz CT molecular complexity index is 878. The summed E-state index contributed by atoms with van der Waals surface area (Å²) < 4.78 is 38.5. The van der Waals surface area contributed by atoms with Gasteiger partial charge in [-0.15, -0.1) is 0 Å². The van der Waals surface area contributed by atoms with E-state index in [4.69, 9.17) is 9.47 Å². The molecule has 0 radical (unpaired) electrons. The quantitative estimate of drug-likeness (QED) is 0.460. The first-order valence-corrected chi connectivity index (χ1v) is 8.64. The standard InChI is InChI=1S/C22H20F2O2/c1-2-3-6-16-11-12-21(25-19-9-4-7-17(23)14-19)22(13-16)26-20-10-5-8-18(24)15-20/h4-5,7-15H,2-3,6H2,1H3. The van der Waals surface area contributed by atoms with Gasteiger partial charge in [-0.2, -0.15) is 0 Å². The van der Waals surface area contributed by atoms with E-state index in [0.29, 0.717) is 23.0 Å². The molecule has 3 rings (SSSR count). The monoisotopic (exact) mass is 354 g/mol. The molecule has 0 saturated carbocycles. The SMILES string of the molecule is CCCCc1ccc(Oc2cccc(F)c2)c(Oc2cccc(F)c2)c1. The van der Waals surface area contributed by atoms with Crippen LogP contribution in [0.1, 0.15) is 25.3 Å². The Labute approximate surface area is 152 Å². The average molecular weight is 354 g/mol. The second-order valence-electron chi connectivity index (χ2n) is 6.00. The summed E-state index contributed by atoms with van der Waals surface area (Å²) in [5.74, 6) is 0.901. The molecule has 0 fully saturated rings. The van der Waals surface area contributed by atoms with Gasteiger partial charge in [-0.1, -0.05) is 31.5 Å². The van der Waals surface area contributed by atoms with E-state index in [1.54, 1.807) is 30.3 Å². The van der Waals surface area contributed by atoms with E-state index in [-0.39, 0.29) is 11.6 Å². The summed E-state index contributed by atoms with van der Waals surface area (Å²) in [6.07, 6.45) is 3.06. The zero-order chi connectivity index (χ0) is 18.4. The smallest absolute Gasteiger partial charge is 0.170 e. The van der Waals surface area contributed by atoms with Crippen LogP contribution in [0.2, 0.25) is 0 Å². The Morgan fingerprint density at radius 1 is 0.731 bits per heavy atom. The van der Waals surface area contributed by atoms with Crippen molar-refractivity contribution in [3.05, 3.63) is 83.9 Å². The van der Waals surface area contributed by atoms with Gasteiger partial charge in [-0.05, 0) is 54.8 Å². The fraction of sp³-hybridized carbons (Fsp3) is 0.182. The minimum absolute atomic E-state index is 0.371. The van der Waals surface area contributed by atoms with Gasteiger partial charge in [0.1, 0.15) is 23.1 Å². The van der Waals surface area contributed by atoms with E-state index >= 15 is 0 Å². The van der Waals surface area contributed by atoms with Gasteiger partial charge in [0, 0.05) is 12.1 Å². The van der Waals surface area contributed by atoms with Crippen LogP contribution in [0.4, 0.5) is 8.78 Å². The third-order valence-electron chi connectivity index (χ3n) is 3.87. The Morgan fingerprint density at radius 3 is 1.92 bits per heavy atom. The van der Waals surface area contributed by atoms with Crippen molar-refractivity contribution in [3.8, 4) is 23.0 Å². The molecule has 0 heterocycles. The maximum Gasteiger partial charge on any atom is 0.170 e. The largest absolute Gasteiger partial charge is 0.453 e. The molecule has 0 N–H and O–H groups in total. The Morgan fingerprint density at radius 2 is 1.35 bits per heavy atom. The maximum absolute atomic E-state index is 13.5. The Hall–Kier alpha value is -2.88. The lowest BCUT2D eigenvalue weighted by Gasteiger charge is -2.14. The van der Waals surface area contributed by atoms with E-state index in [0.717, 1.165) is 24.8 Å². The lowest BCUT2D eigenvalue weighted by molar-refractivity contribution is 0.414. The zero-order valence-corrected chi connectivity index (χ0v) is 14.5. The number of hydrogen-bond acceptors (Lipinski definition) is 2. The van der Waals surface area contributed by atoms with Crippen molar-refractivity contribution in [1.29, 1.82) is 0 Å². The molecule has 0 spiro atoms. The number of rotatable bonds is 7. The van der Waals surface area contributed by atoms with E-state index in [9.17, 15) is 8.78 Å². The molecular weight excluding hydrogens is 334 g/mol. The number of halogens is 2. The second-order valence-corrected chi connectivity index (χ2v) is 6.00. The van der Waals surface area contributed by atoms with E-state index in [1.807, 2.05) is 12.1 Å². The molecule has 0 aromatic heterocycles. The highest BCUT2D eigenvalue weighted by Crippen LogP contribution is 2.36. The van der Waals surface area contributed by atoms with Crippen LogP contribution in [0.25, 0.3) is 0 Å². The van der Waals surface area contributed by atoms with Crippen molar-refractivity contribution in [1.82, 2.24) is 0 Å². The summed E-state index contributed by atoms with van der Waals surface area (Å²) in [6.45, 7) is 2.13. The molecular formula is C22H20F2O2. The second kappa shape index (κ2) is 8.48. The Balaban J connectivity index is 1.91. The number of ether oxygens (including phenoxy) is 2. The highest BCUT2D eigenvalue weighted by atomic mass is 19.1. The van der Waals surface area contributed by atoms with Gasteiger partial charge in [0.2, 0.25) is 0 Å². The topological polar surface area (TPSA) is 18.5 Å². The minimum Gasteiger partial charge on any atom is -0.453 e. The van der Waals surface area contributed by atoms with Gasteiger partial charge in [-0.3, -0.25) is 0 Å². The number of hydrogen-bond donors (Lipinski definition) is 0. The number of aryl methyl sites for hydroxylation is 1. The van der Waals surface area contributed by atoms with Gasteiger partial charge in [0.15, 0.2) is 11.5 Å². The van der Waals surface area contributed by atoms with Crippen molar-refractivity contribution in [3.63, 3.8) is 0 Å². The number of benzene rings is 3. The lowest BCUT2D eigenvalue weighted by Crippen LogP contribution is -1.94. The first kappa shape index (κ1) is 17.9. The molecule has 0 aliphatic rings. The van der Waals surface area contributed by atoms with Crippen LogP contribution in [0.3, 0.4) is 0 Å². The molecule has 0 aliphatic carbocycles. The molecule has 26 heavy (non-hydrogen) atoms. The molecule has 0 unspecified atom stereocenters. The van der Waals surface area contributed by atoms with Crippen molar-refractivity contribution >= 4 is 0 Å². The summed E-state index contributed by atoms with van der Waals surface area (Å²) >= 11 is 0. The van der Waals surface area contributed by atoms with E-state index < -0.39 is 0 Å². The molecule has 0 bridgehead atoms. The molecule has 4 heteroatoms. The molecule has 0 atom stereocenters. The average Bonchev–Trinajstić information content (AvgIpc) is 2.62. The third-order valence-corrected chi connectivity index (χ3v) is 3.87. The molecule has 3 aromatic carbocycles. The third kappa shape index (κ3) is 4.82. The Kier molecular flexibility index (Phi) is 5.84. The van der Waals surface area contributed by atoms with Gasteiger partial charge in [0.05, 0.1) is 0 Å². The highest BCUT2D eigenvalue weighted by molar-refractivity contribution is 5.47. The molecule has 2 nitrogen and oxygen atoms in total. The van der Waals surface area contributed by atoms with Crippen LogP contribution in [0.15, 0.2) is 66.7 Å². The van der Waals surface area contributed by atoms with Crippen molar-refractivity contribution in [2.24, 2.45) is 0 Å². The predicted molar refractivity (Wildman–Crippen MR) is 98.0 cm³/mol. The fourth-order valence-corrected chi connectivity index (χ4v) is 2.57. The van der Waals surface area contributed by atoms with Gasteiger partial charge in [0.25, 0.3) is 0 Å². The van der Waals surface area contributed by atoms with Crippen molar-refractivity contribution in [2.75, 3.05) is 0 Å². The molecule has 0 amide bonds. The van der Waals surface area contributed by atoms with Crippen molar-refractivity contribution < 1.29 is 18.3 Å². The molecule has 0 saturated heterocycles. The summed E-state index contributed by atoms with van der Waals surface area (Å²) in [6, 6.07) is 17.5. The van der Waals surface area contributed by atoms with Crippen LogP contribution < -0.4 is 9.47 Å². The highest BCUT2D eigenvalue weighted by Gasteiger charge is 2.10. The zero-order valence-electron chi connectivity index (χ0n) is 14.5. The predicted octanol–water partition coefficient (Wildman–Crippen LogP) is 6.89. The van der Waals surface area contributed by atoms with E-state index in [2.05, 4.69) is 6.92 Å². The minimum atomic E-state index is -0.380. The summed E-state index contributed by atoms with van der Waals surface area (Å²) in [5.41, 5.74) is 1.10. The fourth-order valence-electron chi connectivity index (χ4n) is 2.57. The maximum atomic E-state index is 13.5. The van der Waals surface area contributed by atoms with Crippen LogP contribution in [0, 0.1) is 11.6 Å². The van der Waals surface area contributed by atoms with Crippen molar-refractivity contribution in [2.45, 2.75) is 26.2 Å². The van der Waals surface area contributed by atoms with Crippen LogP contribution in [0.5, 0.6) is 23.0 Å². The first-order chi connectivity index (χ1) is 12.6. The summed E-state index contributed by atoms with van der Waals surface area (Å²) in [5, 5.41) is 0. The summed E-state index contributed by atoms with van der Waals surface area (Å²) in [7, 11) is 0. The van der Waals surface area contributed by atoms with Gasteiger partial charge >= 0.3 is 0 Å². The number of unbranched alkanes of at least 4 members (excludes halogenated alkanes) is 1. The van der Waals surface area contributed by atoms with E-state index in [1.165, 1.54) is 24.3 Å². The van der Waals surface area contributed by atoms with Crippen LogP contribution in [-0.2, 0) is 6.42 Å². The van der Waals surface area contributed by atoms with Crippen LogP contribution >= 0.6 is 0 Å². The van der Waals surface area contributed by atoms with Gasteiger partial charge < -0.3 is 9.47 Å². The normalized spacial score (nSPS) is 10.6. The lowest BCUT2D eigenvalue weighted by atomic mass is 10.1. The molecule has 3 aromatic rings. The van der Waals surface area contributed by atoms with Crippen LogP contribution in [-0.4, -0.2) is 0 Å². The first-order valence-electron chi connectivity index (χ1n) is 8.64.